The van der Waals surface area contributed by atoms with Gasteiger partial charge in [-0.1, -0.05) is 44.0 Å². The largest absolute Gasteiger partial charge is 0.449 e. The summed E-state index contributed by atoms with van der Waals surface area (Å²) in [5, 5.41) is 2.80. The number of esters is 1. The van der Waals surface area contributed by atoms with Gasteiger partial charge in [0.05, 0.1) is 17.0 Å². The van der Waals surface area contributed by atoms with E-state index in [4.69, 9.17) is 11.2 Å². The van der Waals surface area contributed by atoms with Gasteiger partial charge in [-0.2, -0.15) is 4.72 Å². The van der Waals surface area contributed by atoms with Crippen LogP contribution in [0.5, 0.6) is 0 Å². The van der Waals surface area contributed by atoms with Crippen LogP contribution in [0.25, 0.3) is 0 Å². The topological polar surface area (TPSA) is 102 Å². The van der Waals surface area contributed by atoms with Crippen molar-refractivity contribution in [2.75, 3.05) is 11.9 Å². The van der Waals surface area contributed by atoms with E-state index in [2.05, 4.69) is 29.8 Å². The van der Waals surface area contributed by atoms with E-state index >= 15 is 0 Å². The van der Waals surface area contributed by atoms with E-state index in [-0.39, 0.29) is 22.9 Å². The molecule has 8 heteroatoms. The van der Waals surface area contributed by atoms with Crippen LogP contribution >= 0.6 is 0 Å². The van der Waals surface area contributed by atoms with Gasteiger partial charge in [0, 0.05) is 5.69 Å². The van der Waals surface area contributed by atoms with Gasteiger partial charge in [0.1, 0.15) is 0 Å². The fourth-order valence-electron chi connectivity index (χ4n) is 2.79. The van der Waals surface area contributed by atoms with Crippen molar-refractivity contribution < 1.29 is 22.7 Å². The molecule has 0 fully saturated rings. The minimum atomic E-state index is -3.86. The van der Waals surface area contributed by atoms with Crippen LogP contribution in [-0.2, 0) is 19.6 Å². The van der Waals surface area contributed by atoms with Crippen LogP contribution in [0.15, 0.2) is 53.4 Å². The van der Waals surface area contributed by atoms with Gasteiger partial charge in [0.15, 0.2) is 6.10 Å². The second-order valence-corrected chi connectivity index (χ2v) is 8.76. The molecule has 0 heterocycles. The predicted octanol–water partition coefficient (Wildman–Crippen LogP) is 3.30. The summed E-state index contributed by atoms with van der Waals surface area (Å²) in [4.78, 5) is 24.9. The lowest BCUT2D eigenvalue weighted by Crippen LogP contribution is -2.30. The summed E-state index contributed by atoms with van der Waals surface area (Å²) in [5.41, 5.74) is 1.66. The summed E-state index contributed by atoms with van der Waals surface area (Å²) in [7, 11) is -3.86. The molecule has 2 rings (SSSR count). The lowest BCUT2D eigenvalue weighted by Gasteiger charge is -2.18. The molecule has 2 unspecified atom stereocenters. The van der Waals surface area contributed by atoms with E-state index in [0.717, 1.165) is 12.0 Å². The van der Waals surface area contributed by atoms with Crippen LogP contribution in [0.1, 0.15) is 49.0 Å². The molecule has 31 heavy (non-hydrogen) atoms. The van der Waals surface area contributed by atoms with Crippen molar-refractivity contribution in [1.82, 2.24) is 4.72 Å². The Morgan fingerprint density at radius 3 is 2.52 bits per heavy atom. The van der Waals surface area contributed by atoms with E-state index in [1.165, 1.54) is 31.2 Å². The number of para-hydroxylation sites is 1. The molecule has 2 aromatic carbocycles. The Kier molecular flexibility index (Phi) is 8.37. The molecule has 7 nitrogen and oxygen atoms in total. The summed E-state index contributed by atoms with van der Waals surface area (Å²) < 4.78 is 31.8. The third-order valence-electron chi connectivity index (χ3n) is 4.76. The van der Waals surface area contributed by atoms with Crippen LogP contribution < -0.4 is 10.0 Å². The highest BCUT2D eigenvalue weighted by atomic mass is 32.2. The first-order valence-corrected chi connectivity index (χ1v) is 11.3. The number of nitrogens with one attached hydrogen (secondary N) is 2. The maximum Gasteiger partial charge on any atom is 0.338 e. The molecule has 0 aliphatic heterocycles. The third-order valence-corrected chi connectivity index (χ3v) is 6.16. The number of terminal acetylenes is 1. The van der Waals surface area contributed by atoms with E-state index in [1.807, 2.05) is 18.2 Å². The highest BCUT2D eigenvalue weighted by Crippen LogP contribution is 2.26. The number of carbonyl (C=O) groups excluding carboxylic acids is 2. The van der Waals surface area contributed by atoms with E-state index in [0.29, 0.717) is 5.69 Å². The number of anilines is 1. The number of amides is 1. The molecule has 0 aromatic heterocycles. The van der Waals surface area contributed by atoms with Gasteiger partial charge in [-0.05, 0) is 49.1 Å². The average molecular weight is 443 g/mol. The molecule has 0 radical (unpaired) electrons. The normalized spacial score (nSPS) is 13.0. The first-order chi connectivity index (χ1) is 14.7. The van der Waals surface area contributed by atoms with Crippen molar-refractivity contribution in [2.45, 2.75) is 44.1 Å². The molecular formula is C23H26N2O5S. The van der Waals surface area contributed by atoms with Gasteiger partial charge in [-0.25, -0.2) is 13.2 Å². The summed E-state index contributed by atoms with van der Waals surface area (Å²) >= 11 is 0. The zero-order valence-electron chi connectivity index (χ0n) is 17.7. The zero-order chi connectivity index (χ0) is 23.0. The Labute approximate surface area is 183 Å². The quantitative estimate of drug-likeness (QED) is 0.458. The van der Waals surface area contributed by atoms with Gasteiger partial charge >= 0.3 is 5.97 Å². The van der Waals surface area contributed by atoms with Crippen LogP contribution in [0, 0.1) is 12.3 Å². The minimum Gasteiger partial charge on any atom is -0.449 e. The lowest BCUT2D eigenvalue weighted by atomic mass is 9.97. The Morgan fingerprint density at radius 1 is 1.13 bits per heavy atom. The number of benzene rings is 2. The summed E-state index contributed by atoms with van der Waals surface area (Å²) in [5.74, 6) is 1.13. The van der Waals surface area contributed by atoms with Gasteiger partial charge in [-0.15, -0.1) is 6.42 Å². The average Bonchev–Trinajstić information content (AvgIpc) is 2.77. The minimum absolute atomic E-state index is 0.00300. The number of rotatable bonds is 9. The second kappa shape index (κ2) is 10.8. The SMILES string of the molecule is C#CCNS(=O)(=O)c1cccc(C(=O)OC(C)C(=O)Nc2ccccc2C(C)CC)c1. The predicted molar refractivity (Wildman–Crippen MR) is 119 cm³/mol. The highest BCUT2D eigenvalue weighted by molar-refractivity contribution is 7.89. The number of carbonyl (C=O) groups is 2. The fourth-order valence-corrected chi connectivity index (χ4v) is 3.77. The van der Waals surface area contributed by atoms with Crippen LogP contribution in [0.3, 0.4) is 0 Å². The Morgan fingerprint density at radius 2 is 1.84 bits per heavy atom. The monoisotopic (exact) mass is 442 g/mol. The summed E-state index contributed by atoms with van der Waals surface area (Å²) in [6.45, 7) is 5.40. The molecular weight excluding hydrogens is 416 g/mol. The molecule has 1 amide bonds. The lowest BCUT2D eigenvalue weighted by molar-refractivity contribution is -0.123. The maximum absolute atomic E-state index is 12.6. The third kappa shape index (κ3) is 6.41. The molecule has 0 aliphatic rings. The Bertz CT molecular complexity index is 1090. The standard InChI is InChI=1S/C23H26N2O5S/c1-5-14-24-31(28,29)19-11-9-10-18(15-19)23(27)30-17(4)22(26)25-21-13-8-7-12-20(21)16(3)6-2/h1,7-13,15-17,24H,6,14H2,2-4H3,(H,25,26). The molecule has 2 N–H and O–H groups in total. The first-order valence-electron chi connectivity index (χ1n) is 9.83. The van der Waals surface area contributed by atoms with Crippen molar-refractivity contribution in [3.05, 3.63) is 59.7 Å². The molecule has 0 bridgehead atoms. The first kappa shape index (κ1) is 24.1. The molecule has 0 spiro atoms. The molecule has 0 saturated heterocycles. The zero-order valence-corrected chi connectivity index (χ0v) is 18.5. The number of hydrogen-bond acceptors (Lipinski definition) is 5. The van der Waals surface area contributed by atoms with E-state index in [1.54, 1.807) is 6.07 Å². The van der Waals surface area contributed by atoms with Crippen molar-refractivity contribution in [1.29, 1.82) is 0 Å². The fraction of sp³-hybridized carbons (Fsp3) is 0.304. The maximum atomic E-state index is 12.6. The molecule has 164 valence electrons. The van der Waals surface area contributed by atoms with Gasteiger partial charge < -0.3 is 10.1 Å². The second-order valence-electron chi connectivity index (χ2n) is 6.99. The Hall–Kier alpha value is -3.15. The van der Waals surface area contributed by atoms with E-state index in [9.17, 15) is 18.0 Å². The van der Waals surface area contributed by atoms with Crippen molar-refractivity contribution in [2.24, 2.45) is 0 Å². The van der Waals surface area contributed by atoms with Crippen molar-refractivity contribution in [3.8, 4) is 12.3 Å². The molecule has 2 aromatic rings. The number of hydrogen-bond donors (Lipinski definition) is 2. The van der Waals surface area contributed by atoms with Gasteiger partial charge in [-0.3, -0.25) is 4.79 Å². The molecule has 0 saturated carbocycles. The van der Waals surface area contributed by atoms with Crippen molar-refractivity contribution >= 4 is 27.6 Å². The van der Waals surface area contributed by atoms with E-state index < -0.39 is 28.0 Å². The number of sulfonamides is 1. The number of ether oxygens (including phenoxy) is 1. The summed E-state index contributed by atoms with van der Waals surface area (Å²) in [6.07, 6.45) is 4.90. The molecule has 0 aliphatic carbocycles. The van der Waals surface area contributed by atoms with Crippen LogP contribution in [-0.4, -0.2) is 32.9 Å². The van der Waals surface area contributed by atoms with Crippen LogP contribution in [0.2, 0.25) is 0 Å². The summed E-state index contributed by atoms with van der Waals surface area (Å²) in [6, 6.07) is 12.8. The van der Waals surface area contributed by atoms with Crippen molar-refractivity contribution in [3.63, 3.8) is 0 Å². The smallest absolute Gasteiger partial charge is 0.338 e. The van der Waals surface area contributed by atoms with Gasteiger partial charge in [0.25, 0.3) is 5.91 Å². The molecule has 2 atom stereocenters. The van der Waals surface area contributed by atoms with Gasteiger partial charge in [0.2, 0.25) is 10.0 Å². The van der Waals surface area contributed by atoms with Crippen LogP contribution in [0.4, 0.5) is 5.69 Å². The Balaban J connectivity index is 2.10. The highest BCUT2D eigenvalue weighted by Gasteiger charge is 2.22.